The van der Waals surface area contributed by atoms with E-state index in [-0.39, 0.29) is 18.1 Å². The van der Waals surface area contributed by atoms with Crippen LogP contribution in [0, 0.1) is 0 Å². The quantitative estimate of drug-likeness (QED) is 0.663. The van der Waals surface area contributed by atoms with Gasteiger partial charge in [-0.2, -0.15) is 13.2 Å². The fourth-order valence-corrected chi connectivity index (χ4v) is 4.09. The van der Waals surface area contributed by atoms with Gasteiger partial charge in [-0.15, -0.1) is 0 Å². The van der Waals surface area contributed by atoms with Crippen LogP contribution in [0.15, 0.2) is 48.5 Å². The van der Waals surface area contributed by atoms with Crippen molar-refractivity contribution >= 4 is 5.97 Å². The van der Waals surface area contributed by atoms with Gasteiger partial charge in [0.15, 0.2) is 0 Å². The summed E-state index contributed by atoms with van der Waals surface area (Å²) in [5.74, 6) is -0.355. The first-order valence-electron chi connectivity index (χ1n) is 9.99. The highest BCUT2D eigenvalue weighted by Gasteiger charge is 2.32. The number of hydrogen-bond acceptors (Lipinski definition) is 4. The second-order valence-corrected chi connectivity index (χ2v) is 7.95. The number of alkyl halides is 3. The molecule has 0 aromatic heterocycles. The number of esters is 1. The van der Waals surface area contributed by atoms with Gasteiger partial charge in [0.05, 0.1) is 18.2 Å². The summed E-state index contributed by atoms with van der Waals surface area (Å²) in [7, 11) is 1.36. The van der Waals surface area contributed by atoms with Crippen molar-refractivity contribution in [1.29, 1.82) is 0 Å². The lowest BCUT2D eigenvalue weighted by Gasteiger charge is -2.44. The van der Waals surface area contributed by atoms with Crippen LogP contribution in [0.5, 0.6) is 0 Å². The predicted molar refractivity (Wildman–Crippen MR) is 109 cm³/mol. The number of hydrogen-bond donors (Lipinski definition) is 0. The Labute approximate surface area is 175 Å². The molecule has 0 saturated carbocycles. The molecule has 1 heterocycles. The number of carbonyl (C=O) groups excluding carboxylic acids is 1. The zero-order valence-corrected chi connectivity index (χ0v) is 17.4. The minimum atomic E-state index is -4.32. The summed E-state index contributed by atoms with van der Waals surface area (Å²) in [4.78, 5) is 16.2. The smallest absolute Gasteiger partial charge is 0.416 e. The van der Waals surface area contributed by atoms with Gasteiger partial charge in [0, 0.05) is 38.3 Å². The third-order valence-corrected chi connectivity index (χ3v) is 5.58. The largest absolute Gasteiger partial charge is 0.465 e. The van der Waals surface area contributed by atoms with Crippen molar-refractivity contribution in [2.75, 3.05) is 20.2 Å². The van der Waals surface area contributed by atoms with Gasteiger partial charge in [-0.25, -0.2) is 4.79 Å². The van der Waals surface area contributed by atoms with Crippen LogP contribution < -0.4 is 0 Å². The van der Waals surface area contributed by atoms with Crippen LogP contribution in [0.1, 0.15) is 40.9 Å². The van der Waals surface area contributed by atoms with Gasteiger partial charge >= 0.3 is 12.1 Å². The second-order valence-electron chi connectivity index (χ2n) is 7.95. The predicted octanol–water partition coefficient (Wildman–Crippen LogP) is 4.59. The molecule has 1 aliphatic rings. The van der Waals surface area contributed by atoms with Crippen molar-refractivity contribution in [1.82, 2.24) is 9.80 Å². The molecule has 0 amide bonds. The molecule has 3 rings (SSSR count). The summed E-state index contributed by atoms with van der Waals surface area (Å²) in [5.41, 5.74) is 1.70. The standard InChI is InChI=1S/C23H27F3N2O2/c1-16-12-27(14-19-5-4-6-21(11-19)23(24,25)26)13-17(2)28(16)15-18-7-9-20(10-8-18)22(29)30-3/h4-11,16-17H,12-15H2,1-3H3/t16-,17+. The van der Waals surface area contributed by atoms with Crippen molar-refractivity contribution in [3.05, 3.63) is 70.8 Å². The van der Waals surface area contributed by atoms with Crippen molar-refractivity contribution < 1.29 is 22.7 Å². The van der Waals surface area contributed by atoms with Gasteiger partial charge in [-0.3, -0.25) is 9.80 Å². The molecule has 1 fully saturated rings. The highest BCUT2D eigenvalue weighted by molar-refractivity contribution is 5.89. The highest BCUT2D eigenvalue weighted by atomic mass is 19.4. The van der Waals surface area contributed by atoms with E-state index in [1.165, 1.54) is 19.2 Å². The number of piperazine rings is 1. The second kappa shape index (κ2) is 9.18. The molecule has 1 aliphatic heterocycles. The van der Waals surface area contributed by atoms with E-state index in [1.54, 1.807) is 18.2 Å². The van der Waals surface area contributed by atoms with Gasteiger partial charge in [0.2, 0.25) is 0 Å². The molecule has 0 spiro atoms. The SMILES string of the molecule is COC(=O)c1ccc(CN2[C@H](C)CN(Cc3cccc(C(F)(F)F)c3)C[C@@H]2C)cc1. The molecule has 4 nitrogen and oxygen atoms in total. The van der Waals surface area contributed by atoms with E-state index in [1.807, 2.05) is 12.1 Å². The van der Waals surface area contributed by atoms with Crippen LogP contribution in [-0.2, 0) is 24.0 Å². The number of nitrogens with zero attached hydrogens (tertiary/aromatic N) is 2. The van der Waals surface area contributed by atoms with E-state index in [0.717, 1.165) is 31.3 Å². The molecule has 0 radical (unpaired) electrons. The van der Waals surface area contributed by atoms with Gasteiger partial charge in [0.1, 0.15) is 0 Å². The van der Waals surface area contributed by atoms with Gasteiger partial charge in [-0.05, 0) is 43.2 Å². The summed E-state index contributed by atoms with van der Waals surface area (Å²) in [6.07, 6.45) is -4.32. The fourth-order valence-electron chi connectivity index (χ4n) is 4.09. The monoisotopic (exact) mass is 420 g/mol. The minimum absolute atomic E-state index is 0.250. The van der Waals surface area contributed by atoms with Gasteiger partial charge in [0.25, 0.3) is 0 Å². The molecule has 2 aromatic rings. The molecule has 1 saturated heterocycles. The summed E-state index contributed by atoms with van der Waals surface area (Å²) in [5, 5.41) is 0. The lowest BCUT2D eigenvalue weighted by atomic mass is 10.0. The molecule has 0 N–H and O–H groups in total. The molecular weight excluding hydrogens is 393 g/mol. The topological polar surface area (TPSA) is 32.8 Å². The minimum Gasteiger partial charge on any atom is -0.465 e. The molecule has 2 aromatic carbocycles. The van der Waals surface area contributed by atoms with Crippen molar-refractivity contribution in [3.63, 3.8) is 0 Å². The third kappa shape index (κ3) is 5.40. The molecule has 162 valence electrons. The lowest BCUT2D eigenvalue weighted by molar-refractivity contribution is -0.137. The highest BCUT2D eigenvalue weighted by Crippen LogP contribution is 2.30. The molecule has 0 aliphatic carbocycles. The van der Waals surface area contributed by atoms with Gasteiger partial charge < -0.3 is 4.74 Å². The number of benzene rings is 2. The summed E-state index contributed by atoms with van der Waals surface area (Å²) in [6, 6.07) is 13.5. The summed E-state index contributed by atoms with van der Waals surface area (Å²) in [6.45, 7) is 7.08. The average Bonchev–Trinajstić information content (AvgIpc) is 2.70. The molecule has 7 heteroatoms. The Morgan fingerprint density at radius 1 is 1.00 bits per heavy atom. The maximum absolute atomic E-state index is 13.0. The number of carbonyl (C=O) groups is 1. The maximum Gasteiger partial charge on any atom is 0.416 e. The Hall–Kier alpha value is -2.38. The fraction of sp³-hybridized carbons (Fsp3) is 0.435. The van der Waals surface area contributed by atoms with Crippen LogP contribution in [0.25, 0.3) is 0 Å². The Morgan fingerprint density at radius 2 is 1.63 bits per heavy atom. The van der Waals surface area contributed by atoms with Crippen LogP contribution in [0.4, 0.5) is 13.2 Å². The zero-order chi connectivity index (χ0) is 21.9. The molecule has 2 atom stereocenters. The average molecular weight is 420 g/mol. The lowest BCUT2D eigenvalue weighted by Crippen LogP contribution is -2.55. The Balaban J connectivity index is 1.62. The number of methoxy groups -OCH3 is 1. The molecular formula is C23H27F3N2O2. The molecule has 0 bridgehead atoms. The summed E-state index contributed by atoms with van der Waals surface area (Å²) < 4.78 is 43.6. The van der Waals surface area contributed by atoms with Crippen LogP contribution >= 0.6 is 0 Å². The number of rotatable bonds is 5. The maximum atomic E-state index is 13.0. The van der Waals surface area contributed by atoms with E-state index < -0.39 is 11.7 Å². The van der Waals surface area contributed by atoms with E-state index >= 15 is 0 Å². The van der Waals surface area contributed by atoms with Crippen molar-refractivity contribution in [2.24, 2.45) is 0 Å². The van der Waals surface area contributed by atoms with Crippen LogP contribution in [-0.4, -0.2) is 48.1 Å². The Kier molecular flexibility index (Phi) is 6.83. The third-order valence-electron chi connectivity index (χ3n) is 5.58. The van der Waals surface area contributed by atoms with E-state index in [0.29, 0.717) is 17.7 Å². The molecule has 30 heavy (non-hydrogen) atoms. The Bertz CT molecular complexity index is 855. The van der Waals surface area contributed by atoms with Crippen molar-refractivity contribution in [3.8, 4) is 0 Å². The van der Waals surface area contributed by atoms with Gasteiger partial charge in [-0.1, -0.05) is 30.3 Å². The first-order valence-corrected chi connectivity index (χ1v) is 9.99. The zero-order valence-electron chi connectivity index (χ0n) is 17.4. The van der Waals surface area contributed by atoms with E-state index in [2.05, 4.69) is 23.6 Å². The van der Waals surface area contributed by atoms with Crippen LogP contribution in [0.3, 0.4) is 0 Å². The molecule has 0 unspecified atom stereocenters. The van der Waals surface area contributed by atoms with E-state index in [9.17, 15) is 18.0 Å². The summed E-state index contributed by atoms with van der Waals surface area (Å²) >= 11 is 0. The number of ether oxygens (including phenoxy) is 1. The van der Waals surface area contributed by atoms with Crippen LogP contribution in [0.2, 0.25) is 0 Å². The first kappa shape index (κ1) is 22.3. The normalized spacial score (nSPS) is 20.9. The van der Waals surface area contributed by atoms with E-state index in [4.69, 9.17) is 4.74 Å². The van der Waals surface area contributed by atoms with Crippen molar-refractivity contribution in [2.45, 2.75) is 45.2 Å². The Morgan fingerprint density at radius 3 is 2.20 bits per heavy atom. The number of halogens is 3. The first-order chi connectivity index (χ1) is 14.2.